The van der Waals surface area contributed by atoms with Crippen LogP contribution in [0, 0.1) is 26.6 Å². The first-order chi connectivity index (χ1) is 18.3. The van der Waals surface area contributed by atoms with Gasteiger partial charge in [0, 0.05) is 36.2 Å². The van der Waals surface area contributed by atoms with Crippen LogP contribution in [0.4, 0.5) is 10.1 Å². The van der Waals surface area contributed by atoms with Gasteiger partial charge in [-0.05, 0) is 86.6 Å². The van der Waals surface area contributed by atoms with Crippen molar-refractivity contribution in [1.82, 2.24) is 19.8 Å². The molecule has 1 fully saturated rings. The summed E-state index contributed by atoms with van der Waals surface area (Å²) >= 11 is 5.78. The zero-order chi connectivity index (χ0) is 26.8. The Bertz CT molecular complexity index is 1490. The number of hydrogen-bond donors (Lipinski definition) is 2. The molecule has 0 aliphatic carbocycles. The van der Waals surface area contributed by atoms with Crippen LogP contribution in [0.25, 0.3) is 5.69 Å². The molecular formula is C30H30FN5OS. The normalized spacial score (nSPS) is 16.9. The summed E-state index contributed by atoms with van der Waals surface area (Å²) in [6.07, 6.45) is 2.02. The standard InChI is InChI=1S/C30H30FN5OS/c1-19-9-8-10-22(17-19)33-27(37)14-16-35-29(28(34-30(35)38)25-12-6-7-15-32-25)23-18-20(2)36(21(23)3)26-13-5-4-11-24(26)31/h4-13,15,17-18,28-29H,14,16H2,1-3H3,(H,33,37)(H,34,38)/t28-,29-/m0/s1. The number of pyridine rings is 1. The van der Waals surface area contributed by atoms with Crippen LogP contribution in [0.5, 0.6) is 0 Å². The minimum Gasteiger partial charge on any atom is -0.352 e. The molecule has 0 saturated carbocycles. The van der Waals surface area contributed by atoms with E-state index in [1.165, 1.54) is 6.07 Å². The molecule has 2 aromatic carbocycles. The van der Waals surface area contributed by atoms with Gasteiger partial charge in [0.2, 0.25) is 5.91 Å². The number of benzene rings is 2. The number of aromatic nitrogens is 2. The number of nitrogens with one attached hydrogen (secondary N) is 2. The molecule has 0 spiro atoms. The van der Waals surface area contributed by atoms with E-state index in [4.69, 9.17) is 12.2 Å². The van der Waals surface area contributed by atoms with Gasteiger partial charge in [0.15, 0.2) is 5.11 Å². The average molecular weight is 528 g/mol. The fourth-order valence-electron chi connectivity index (χ4n) is 5.24. The highest BCUT2D eigenvalue weighted by molar-refractivity contribution is 7.80. The van der Waals surface area contributed by atoms with Crippen LogP contribution >= 0.6 is 12.2 Å². The fourth-order valence-corrected chi connectivity index (χ4v) is 5.58. The quantitative estimate of drug-likeness (QED) is 0.292. The largest absolute Gasteiger partial charge is 0.352 e. The number of anilines is 1. The number of nitrogens with zero attached hydrogens (tertiary/aromatic N) is 3. The van der Waals surface area contributed by atoms with E-state index in [1.54, 1.807) is 18.3 Å². The molecular weight excluding hydrogens is 497 g/mol. The molecule has 38 heavy (non-hydrogen) atoms. The lowest BCUT2D eigenvalue weighted by molar-refractivity contribution is -0.116. The first-order valence-corrected chi connectivity index (χ1v) is 13.0. The summed E-state index contributed by atoms with van der Waals surface area (Å²) < 4.78 is 16.7. The highest BCUT2D eigenvalue weighted by atomic mass is 32.1. The van der Waals surface area contributed by atoms with E-state index < -0.39 is 0 Å². The lowest BCUT2D eigenvalue weighted by atomic mass is 9.96. The van der Waals surface area contributed by atoms with Crippen LogP contribution in [0.3, 0.4) is 0 Å². The molecule has 4 aromatic rings. The molecule has 0 bridgehead atoms. The maximum atomic E-state index is 14.8. The number of carbonyl (C=O) groups is 1. The lowest BCUT2D eigenvalue weighted by Gasteiger charge is -2.28. The van der Waals surface area contributed by atoms with Crippen LogP contribution in [0.2, 0.25) is 0 Å². The van der Waals surface area contributed by atoms with Gasteiger partial charge in [-0.25, -0.2) is 4.39 Å². The van der Waals surface area contributed by atoms with E-state index in [2.05, 4.69) is 26.6 Å². The molecule has 1 amide bonds. The summed E-state index contributed by atoms with van der Waals surface area (Å²) in [4.78, 5) is 19.5. The van der Waals surface area contributed by atoms with Gasteiger partial charge in [-0.2, -0.15) is 0 Å². The molecule has 0 unspecified atom stereocenters. The van der Waals surface area contributed by atoms with Crippen molar-refractivity contribution in [2.24, 2.45) is 0 Å². The molecule has 1 aliphatic heterocycles. The van der Waals surface area contributed by atoms with Crippen LogP contribution in [-0.2, 0) is 4.79 Å². The smallest absolute Gasteiger partial charge is 0.226 e. The van der Waals surface area contributed by atoms with Gasteiger partial charge in [0.05, 0.1) is 23.5 Å². The molecule has 5 rings (SSSR count). The van der Waals surface area contributed by atoms with E-state index in [1.807, 2.05) is 73.9 Å². The first-order valence-electron chi connectivity index (χ1n) is 12.6. The van der Waals surface area contributed by atoms with E-state index in [9.17, 15) is 9.18 Å². The summed E-state index contributed by atoms with van der Waals surface area (Å²) in [5.74, 6) is -0.373. The van der Waals surface area contributed by atoms with E-state index in [0.717, 1.165) is 33.9 Å². The minimum atomic E-state index is -0.285. The van der Waals surface area contributed by atoms with Crippen molar-refractivity contribution < 1.29 is 9.18 Å². The molecule has 1 saturated heterocycles. The summed E-state index contributed by atoms with van der Waals surface area (Å²) in [6.45, 7) is 6.37. The second kappa shape index (κ2) is 10.8. The Morgan fingerprint density at radius 2 is 1.84 bits per heavy atom. The number of hydrogen-bond acceptors (Lipinski definition) is 3. The summed E-state index contributed by atoms with van der Waals surface area (Å²) in [5.41, 5.74) is 6.04. The predicted octanol–water partition coefficient (Wildman–Crippen LogP) is 5.94. The van der Waals surface area contributed by atoms with Crippen molar-refractivity contribution in [2.45, 2.75) is 39.3 Å². The Hall–Kier alpha value is -4.04. The second-order valence-corrected chi connectivity index (χ2v) is 9.99. The number of aryl methyl sites for hydroxylation is 2. The maximum absolute atomic E-state index is 14.8. The van der Waals surface area contributed by atoms with Crippen LogP contribution < -0.4 is 10.6 Å². The number of amides is 1. The van der Waals surface area contributed by atoms with Gasteiger partial charge < -0.3 is 20.1 Å². The Labute approximate surface area is 227 Å². The van der Waals surface area contributed by atoms with Crippen molar-refractivity contribution in [3.8, 4) is 5.69 Å². The number of carbonyl (C=O) groups excluding carboxylic acids is 1. The summed E-state index contributed by atoms with van der Waals surface area (Å²) in [6, 6.07) is 21.9. The average Bonchev–Trinajstić information content (AvgIpc) is 3.38. The highest BCUT2D eigenvalue weighted by Crippen LogP contribution is 2.41. The second-order valence-electron chi connectivity index (χ2n) is 9.60. The van der Waals surface area contributed by atoms with Crippen molar-refractivity contribution in [3.05, 3.63) is 113 Å². The van der Waals surface area contributed by atoms with Crippen molar-refractivity contribution in [2.75, 3.05) is 11.9 Å². The maximum Gasteiger partial charge on any atom is 0.226 e. The molecule has 2 atom stereocenters. The van der Waals surface area contributed by atoms with Crippen molar-refractivity contribution in [3.63, 3.8) is 0 Å². The summed E-state index contributed by atoms with van der Waals surface area (Å²) in [7, 11) is 0. The third-order valence-corrected chi connectivity index (χ3v) is 7.31. The lowest BCUT2D eigenvalue weighted by Crippen LogP contribution is -2.32. The van der Waals surface area contributed by atoms with E-state index in [-0.39, 0.29) is 30.2 Å². The number of thiocarbonyl (C=S) groups is 1. The molecule has 2 aromatic heterocycles. The molecule has 194 valence electrons. The molecule has 6 nitrogen and oxygen atoms in total. The Morgan fingerprint density at radius 3 is 2.58 bits per heavy atom. The Morgan fingerprint density at radius 1 is 1.05 bits per heavy atom. The van der Waals surface area contributed by atoms with Gasteiger partial charge in [0.25, 0.3) is 0 Å². The monoisotopic (exact) mass is 527 g/mol. The number of rotatable bonds is 7. The first kappa shape index (κ1) is 25.6. The SMILES string of the molecule is Cc1cccc(NC(=O)CCN2C(=S)N[C@@H](c3ccccn3)[C@@H]2c2cc(C)n(-c3ccccc3F)c2C)c1. The van der Waals surface area contributed by atoms with Gasteiger partial charge in [-0.3, -0.25) is 9.78 Å². The predicted molar refractivity (Wildman–Crippen MR) is 152 cm³/mol. The van der Waals surface area contributed by atoms with Gasteiger partial charge in [-0.15, -0.1) is 0 Å². The minimum absolute atomic E-state index is 0.0877. The Balaban J connectivity index is 1.48. The van der Waals surface area contributed by atoms with Gasteiger partial charge in [0.1, 0.15) is 5.82 Å². The number of para-hydroxylation sites is 1. The topological polar surface area (TPSA) is 62.2 Å². The zero-order valence-corrected chi connectivity index (χ0v) is 22.4. The van der Waals surface area contributed by atoms with E-state index in [0.29, 0.717) is 17.3 Å². The van der Waals surface area contributed by atoms with Crippen LogP contribution in [-0.4, -0.2) is 32.0 Å². The zero-order valence-electron chi connectivity index (χ0n) is 21.6. The molecule has 2 N–H and O–H groups in total. The van der Waals surface area contributed by atoms with Crippen molar-refractivity contribution >= 4 is 28.9 Å². The molecule has 8 heteroatoms. The Kier molecular flexibility index (Phi) is 7.24. The molecule has 1 aliphatic rings. The highest BCUT2D eigenvalue weighted by Gasteiger charge is 2.41. The van der Waals surface area contributed by atoms with Crippen LogP contribution in [0.15, 0.2) is 79.0 Å². The fraction of sp³-hybridized carbons (Fsp3) is 0.233. The van der Waals surface area contributed by atoms with Crippen LogP contribution in [0.1, 0.15) is 46.7 Å². The third kappa shape index (κ3) is 5.04. The summed E-state index contributed by atoms with van der Waals surface area (Å²) in [5, 5.41) is 6.98. The van der Waals surface area contributed by atoms with E-state index >= 15 is 0 Å². The molecule has 3 heterocycles. The molecule has 0 radical (unpaired) electrons. The van der Waals surface area contributed by atoms with Crippen molar-refractivity contribution in [1.29, 1.82) is 0 Å². The van der Waals surface area contributed by atoms with Gasteiger partial charge in [-0.1, -0.05) is 30.3 Å². The number of halogens is 1. The third-order valence-electron chi connectivity index (χ3n) is 6.96. The van der Waals surface area contributed by atoms with Gasteiger partial charge >= 0.3 is 0 Å².